The van der Waals surface area contributed by atoms with Gasteiger partial charge < -0.3 is 10.1 Å². The Morgan fingerprint density at radius 1 is 1.13 bits per heavy atom. The minimum Gasteiger partial charge on any atom is -0.491 e. The van der Waals surface area contributed by atoms with E-state index in [4.69, 9.17) is 4.74 Å². The van der Waals surface area contributed by atoms with Crippen molar-refractivity contribution in [3.63, 3.8) is 0 Å². The number of rotatable bonds is 5. The lowest BCUT2D eigenvalue weighted by Crippen LogP contribution is -2.28. The summed E-state index contributed by atoms with van der Waals surface area (Å²) in [6.07, 6.45) is 3.17. The Morgan fingerprint density at radius 3 is 2.83 bits per heavy atom. The number of hydrogen-bond donors (Lipinski definition) is 1. The van der Waals surface area contributed by atoms with Gasteiger partial charge in [-0.05, 0) is 33.4 Å². The van der Waals surface area contributed by atoms with Crippen LogP contribution in [0.4, 0.5) is 0 Å². The molecule has 0 spiro atoms. The third-order valence-electron chi connectivity index (χ3n) is 3.36. The highest BCUT2D eigenvalue weighted by Crippen LogP contribution is 2.24. The van der Waals surface area contributed by atoms with E-state index >= 15 is 0 Å². The molecule has 0 unspecified atom stereocenters. The van der Waals surface area contributed by atoms with Crippen molar-refractivity contribution in [2.45, 2.75) is 0 Å². The van der Waals surface area contributed by atoms with Gasteiger partial charge in [-0.2, -0.15) is 0 Å². The molecule has 0 aliphatic heterocycles. The van der Waals surface area contributed by atoms with E-state index in [-0.39, 0.29) is 5.91 Å². The van der Waals surface area contributed by atoms with E-state index in [9.17, 15) is 4.79 Å². The number of carbonyl (C=O) groups is 1. The summed E-state index contributed by atoms with van der Waals surface area (Å²) in [7, 11) is 0. The van der Waals surface area contributed by atoms with Gasteiger partial charge in [0.15, 0.2) is 0 Å². The SMILES string of the molecule is O=C(NCCOc1cccc2ccccc12)c1cncc(Br)c1. The average Bonchev–Trinajstić information content (AvgIpc) is 2.58. The standard InChI is InChI=1S/C18H15BrN2O2/c19-15-10-14(11-20-12-15)18(22)21-8-9-23-17-7-3-5-13-4-1-2-6-16(13)17/h1-7,10-12H,8-9H2,(H,21,22). The third-order valence-corrected chi connectivity index (χ3v) is 3.80. The van der Waals surface area contributed by atoms with Crippen molar-refractivity contribution in [2.75, 3.05) is 13.2 Å². The highest BCUT2D eigenvalue weighted by Gasteiger charge is 2.06. The number of halogens is 1. The van der Waals surface area contributed by atoms with Crippen LogP contribution in [0.5, 0.6) is 5.75 Å². The van der Waals surface area contributed by atoms with Crippen LogP contribution in [0.3, 0.4) is 0 Å². The number of ether oxygens (including phenoxy) is 1. The second kappa shape index (κ2) is 7.24. The van der Waals surface area contributed by atoms with Crippen molar-refractivity contribution in [3.8, 4) is 5.75 Å². The summed E-state index contributed by atoms with van der Waals surface area (Å²) in [6, 6.07) is 15.7. The molecule has 3 aromatic rings. The van der Waals surface area contributed by atoms with Crippen LogP contribution >= 0.6 is 15.9 Å². The predicted octanol–water partition coefficient (Wildman–Crippen LogP) is 3.81. The molecule has 116 valence electrons. The number of carbonyl (C=O) groups excluding carboxylic acids is 1. The van der Waals surface area contributed by atoms with E-state index < -0.39 is 0 Å². The van der Waals surface area contributed by atoms with Gasteiger partial charge in [0, 0.05) is 22.3 Å². The zero-order valence-electron chi connectivity index (χ0n) is 12.3. The Hall–Kier alpha value is -2.40. The Bertz CT molecular complexity index is 831. The molecule has 1 N–H and O–H groups in total. The van der Waals surface area contributed by atoms with Crippen LogP contribution in [-0.4, -0.2) is 24.0 Å². The molecule has 5 heteroatoms. The van der Waals surface area contributed by atoms with Gasteiger partial charge in [0.1, 0.15) is 12.4 Å². The van der Waals surface area contributed by atoms with Crippen LogP contribution < -0.4 is 10.1 Å². The third kappa shape index (κ3) is 3.87. The largest absolute Gasteiger partial charge is 0.491 e. The van der Waals surface area contributed by atoms with Gasteiger partial charge in [0.05, 0.1) is 12.1 Å². The normalized spacial score (nSPS) is 10.5. The van der Waals surface area contributed by atoms with Crippen molar-refractivity contribution in [1.29, 1.82) is 0 Å². The summed E-state index contributed by atoms with van der Waals surface area (Å²) < 4.78 is 6.56. The summed E-state index contributed by atoms with van der Waals surface area (Å²) in [5.41, 5.74) is 0.518. The molecule has 4 nitrogen and oxygen atoms in total. The fourth-order valence-corrected chi connectivity index (χ4v) is 2.65. The van der Waals surface area contributed by atoms with Crippen LogP contribution in [0.15, 0.2) is 65.4 Å². The zero-order valence-corrected chi connectivity index (χ0v) is 13.9. The molecular formula is C18H15BrN2O2. The maximum atomic E-state index is 12.0. The monoisotopic (exact) mass is 370 g/mol. The Morgan fingerprint density at radius 2 is 1.96 bits per heavy atom. The van der Waals surface area contributed by atoms with Gasteiger partial charge in [-0.1, -0.05) is 36.4 Å². The van der Waals surface area contributed by atoms with Gasteiger partial charge in [0.2, 0.25) is 0 Å². The molecule has 3 rings (SSSR count). The maximum absolute atomic E-state index is 12.0. The number of nitrogens with zero attached hydrogens (tertiary/aromatic N) is 1. The highest BCUT2D eigenvalue weighted by atomic mass is 79.9. The fraction of sp³-hybridized carbons (Fsp3) is 0.111. The van der Waals surface area contributed by atoms with Crippen LogP contribution in [0.2, 0.25) is 0 Å². The number of benzene rings is 2. The second-order valence-electron chi connectivity index (χ2n) is 4.97. The first-order valence-corrected chi connectivity index (χ1v) is 8.02. The molecule has 0 fully saturated rings. The van der Waals surface area contributed by atoms with Gasteiger partial charge in [-0.3, -0.25) is 9.78 Å². The Balaban J connectivity index is 1.56. The molecule has 1 amide bonds. The molecule has 0 saturated heterocycles. The highest BCUT2D eigenvalue weighted by molar-refractivity contribution is 9.10. The van der Waals surface area contributed by atoms with Crippen molar-refractivity contribution in [3.05, 3.63) is 71.0 Å². The molecule has 0 radical (unpaired) electrons. The number of nitrogens with one attached hydrogen (secondary N) is 1. The molecule has 0 bridgehead atoms. The summed E-state index contributed by atoms with van der Waals surface area (Å²) >= 11 is 3.30. The topological polar surface area (TPSA) is 51.2 Å². The number of hydrogen-bond acceptors (Lipinski definition) is 3. The fourth-order valence-electron chi connectivity index (χ4n) is 2.29. The molecule has 0 aliphatic rings. The Labute approximate surface area is 142 Å². The van der Waals surface area contributed by atoms with Crippen molar-refractivity contribution < 1.29 is 9.53 Å². The molecule has 1 heterocycles. The molecule has 0 aliphatic carbocycles. The first-order valence-electron chi connectivity index (χ1n) is 7.23. The minimum absolute atomic E-state index is 0.166. The van der Waals surface area contributed by atoms with Crippen LogP contribution in [-0.2, 0) is 0 Å². The average molecular weight is 371 g/mol. The maximum Gasteiger partial charge on any atom is 0.253 e. The number of fused-ring (bicyclic) bond motifs is 1. The lowest BCUT2D eigenvalue weighted by molar-refractivity contribution is 0.0946. The van der Waals surface area contributed by atoms with Crippen molar-refractivity contribution >= 4 is 32.6 Å². The summed E-state index contributed by atoms with van der Waals surface area (Å²) in [5.74, 6) is 0.654. The number of amides is 1. The number of pyridine rings is 1. The first kappa shape index (κ1) is 15.5. The van der Waals surface area contributed by atoms with E-state index in [1.54, 1.807) is 12.3 Å². The smallest absolute Gasteiger partial charge is 0.253 e. The minimum atomic E-state index is -0.166. The van der Waals surface area contributed by atoms with Crippen molar-refractivity contribution in [1.82, 2.24) is 10.3 Å². The van der Waals surface area contributed by atoms with E-state index in [0.717, 1.165) is 21.0 Å². The lowest BCUT2D eigenvalue weighted by atomic mass is 10.1. The lowest BCUT2D eigenvalue weighted by Gasteiger charge is -2.10. The second-order valence-corrected chi connectivity index (χ2v) is 5.89. The molecule has 1 aromatic heterocycles. The quantitative estimate of drug-likeness (QED) is 0.694. The molecular weight excluding hydrogens is 356 g/mol. The predicted molar refractivity (Wildman–Crippen MR) is 93.7 cm³/mol. The van der Waals surface area contributed by atoms with Gasteiger partial charge in [0.25, 0.3) is 5.91 Å². The Kier molecular flexibility index (Phi) is 4.88. The summed E-state index contributed by atoms with van der Waals surface area (Å²) in [4.78, 5) is 16.0. The van der Waals surface area contributed by atoms with E-state index in [1.807, 2.05) is 42.5 Å². The van der Waals surface area contributed by atoms with Crippen LogP contribution in [0, 0.1) is 0 Å². The van der Waals surface area contributed by atoms with Crippen LogP contribution in [0.1, 0.15) is 10.4 Å². The van der Waals surface area contributed by atoms with Gasteiger partial charge in [-0.25, -0.2) is 0 Å². The number of aromatic nitrogens is 1. The summed E-state index contributed by atoms with van der Waals surface area (Å²) in [6.45, 7) is 0.829. The van der Waals surface area contributed by atoms with E-state index in [0.29, 0.717) is 18.7 Å². The van der Waals surface area contributed by atoms with Gasteiger partial charge in [-0.15, -0.1) is 0 Å². The van der Waals surface area contributed by atoms with E-state index in [2.05, 4.69) is 26.2 Å². The molecule has 23 heavy (non-hydrogen) atoms. The van der Waals surface area contributed by atoms with Crippen molar-refractivity contribution in [2.24, 2.45) is 0 Å². The molecule has 0 saturated carbocycles. The molecule has 0 atom stereocenters. The summed E-state index contributed by atoms with van der Waals surface area (Å²) in [5, 5.41) is 5.02. The first-order chi connectivity index (χ1) is 11.2. The van der Waals surface area contributed by atoms with Crippen LogP contribution in [0.25, 0.3) is 10.8 Å². The van der Waals surface area contributed by atoms with Gasteiger partial charge >= 0.3 is 0 Å². The zero-order chi connectivity index (χ0) is 16.1. The van der Waals surface area contributed by atoms with E-state index in [1.165, 1.54) is 6.20 Å². The molecule has 2 aromatic carbocycles.